The number of aryl methyl sites for hydroxylation is 1. The molecule has 0 aliphatic heterocycles. The molecule has 3 rings (SSSR count). The van der Waals surface area contributed by atoms with Crippen molar-refractivity contribution in [3.63, 3.8) is 0 Å². The van der Waals surface area contributed by atoms with Crippen LogP contribution in [0.5, 0.6) is 0 Å². The van der Waals surface area contributed by atoms with Gasteiger partial charge in [-0.05, 0) is 54.7 Å². The van der Waals surface area contributed by atoms with E-state index in [1.807, 2.05) is 12.1 Å². The van der Waals surface area contributed by atoms with E-state index in [9.17, 15) is 10.1 Å². The van der Waals surface area contributed by atoms with Gasteiger partial charge in [-0.2, -0.15) is 0 Å². The molecule has 2 aromatic rings. The molecular formula is C16H17N3O2. The number of hydrogen-bond acceptors (Lipinski definition) is 4. The fraction of sp³-hybridized carbons (Fsp3) is 0.250. The molecule has 108 valence electrons. The molecule has 0 saturated heterocycles. The van der Waals surface area contributed by atoms with Crippen LogP contribution in [0.1, 0.15) is 30.0 Å². The molecule has 1 atom stereocenters. The molecule has 0 bridgehead atoms. The van der Waals surface area contributed by atoms with Gasteiger partial charge < -0.3 is 11.1 Å². The van der Waals surface area contributed by atoms with Gasteiger partial charge in [0.05, 0.1) is 11.0 Å². The SMILES string of the molecule is Nc1ccc2c(c1)CCCC2Nc1ccc([N+](=O)[O-])cc1. The predicted molar refractivity (Wildman–Crippen MR) is 83.3 cm³/mol. The average Bonchev–Trinajstić information content (AvgIpc) is 2.47. The third-order valence-corrected chi connectivity index (χ3v) is 3.90. The fourth-order valence-electron chi connectivity index (χ4n) is 2.86. The van der Waals surface area contributed by atoms with Gasteiger partial charge in [0, 0.05) is 23.5 Å². The fourth-order valence-corrected chi connectivity index (χ4v) is 2.86. The minimum Gasteiger partial charge on any atom is -0.399 e. The van der Waals surface area contributed by atoms with Crippen molar-refractivity contribution in [3.05, 3.63) is 63.7 Å². The minimum atomic E-state index is -0.386. The van der Waals surface area contributed by atoms with E-state index in [2.05, 4.69) is 11.4 Å². The van der Waals surface area contributed by atoms with Crippen molar-refractivity contribution in [2.24, 2.45) is 0 Å². The first kappa shape index (κ1) is 13.4. The molecular weight excluding hydrogens is 266 g/mol. The van der Waals surface area contributed by atoms with Crippen LogP contribution < -0.4 is 11.1 Å². The largest absolute Gasteiger partial charge is 0.399 e. The van der Waals surface area contributed by atoms with Gasteiger partial charge in [0.25, 0.3) is 5.69 Å². The molecule has 21 heavy (non-hydrogen) atoms. The topological polar surface area (TPSA) is 81.2 Å². The number of anilines is 2. The highest BCUT2D eigenvalue weighted by Gasteiger charge is 2.20. The van der Waals surface area contributed by atoms with E-state index in [0.29, 0.717) is 0 Å². The Morgan fingerprint density at radius 2 is 1.95 bits per heavy atom. The molecule has 0 heterocycles. The summed E-state index contributed by atoms with van der Waals surface area (Å²) in [5, 5.41) is 14.1. The second kappa shape index (κ2) is 5.44. The molecule has 1 unspecified atom stereocenters. The van der Waals surface area contributed by atoms with Gasteiger partial charge in [0.15, 0.2) is 0 Å². The number of benzene rings is 2. The van der Waals surface area contributed by atoms with Crippen molar-refractivity contribution in [1.82, 2.24) is 0 Å². The Morgan fingerprint density at radius 3 is 2.67 bits per heavy atom. The van der Waals surface area contributed by atoms with Crippen molar-refractivity contribution in [2.45, 2.75) is 25.3 Å². The molecule has 5 nitrogen and oxygen atoms in total. The highest BCUT2D eigenvalue weighted by atomic mass is 16.6. The van der Waals surface area contributed by atoms with Crippen LogP contribution >= 0.6 is 0 Å². The maximum Gasteiger partial charge on any atom is 0.269 e. The summed E-state index contributed by atoms with van der Waals surface area (Å²) < 4.78 is 0. The number of rotatable bonds is 3. The number of non-ortho nitro benzene ring substituents is 1. The van der Waals surface area contributed by atoms with E-state index in [-0.39, 0.29) is 16.7 Å². The summed E-state index contributed by atoms with van der Waals surface area (Å²) in [5.74, 6) is 0. The maximum absolute atomic E-state index is 10.7. The number of fused-ring (bicyclic) bond motifs is 1. The number of hydrogen-bond donors (Lipinski definition) is 2. The standard InChI is InChI=1S/C16H17N3O2/c17-12-4-9-15-11(10-12)2-1-3-16(15)18-13-5-7-14(8-6-13)19(20)21/h4-10,16,18H,1-3,17H2. The molecule has 1 aliphatic rings. The van der Waals surface area contributed by atoms with Gasteiger partial charge in [0.1, 0.15) is 0 Å². The van der Waals surface area contributed by atoms with Gasteiger partial charge in [-0.3, -0.25) is 10.1 Å². The zero-order valence-electron chi connectivity index (χ0n) is 11.6. The molecule has 0 saturated carbocycles. The molecule has 1 aliphatic carbocycles. The van der Waals surface area contributed by atoms with E-state index in [4.69, 9.17) is 5.73 Å². The average molecular weight is 283 g/mol. The monoisotopic (exact) mass is 283 g/mol. The highest BCUT2D eigenvalue weighted by Crippen LogP contribution is 2.33. The summed E-state index contributed by atoms with van der Waals surface area (Å²) in [6.07, 6.45) is 3.22. The zero-order chi connectivity index (χ0) is 14.8. The molecule has 5 heteroatoms. The van der Waals surface area contributed by atoms with Crippen molar-refractivity contribution in [1.29, 1.82) is 0 Å². The van der Waals surface area contributed by atoms with E-state index in [0.717, 1.165) is 30.6 Å². The van der Waals surface area contributed by atoms with Crippen LogP contribution in [0.15, 0.2) is 42.5 Å². The summed E-state index contributed by atoms with van der Waals surface area (Å²) in [5.41, 5.74) is 10.2. The van der Waals surface area contributed by atoms with Crippen LogP contribution in [0, 0.1) is 10.1 Å². The van der Waals surface area contributed by atoms with Gasteiger partial charge in [-0.1, -0.05) is 6.07 Å². The lowest BCUT2D eigenvalue weighted by atomic mass is 9.87. The maximum atomic E-state index is 10.7. The van der Waals surface area contributed by atoms with Crippen LogP contribution in [0.2, 0.25) is 0 Å². The number of nitrogen functional groups attached to an aromatic ring is 1. The van der Waals surface area contributed by atoms with Crippen molar-refractivity contribution in [3.8, 4) is 0 Å². The van der Waals surface area contributed by atoms with Crippen molar-refractivity contribution < 1.29 is 4.92 Å². The predicted octanol–water partition coefficient (Wildman–Crippen LogP) is 3.67. The molecule has 3 N–H and O–H groups in total. The zero-order valence-corrected chi connectivity index (χ0v) is 11.6. The Bertz CT molecular complexity index is 668. The number of nitrogens with zero attached hydrogens (tertiary/aromatic N) is 1. The summed E-state index contributed by atoms with van der Waals surface area (Å²) in [6, 6.07) is 12.8. The van der Waals surface area contributed by atoms with Gasteiger partial charge in [-0.15, -0.1) is 0 Å². The second-order valence-corrected chi connectivity index (χ2v) is 5.35. The number of nitrogens with one attached hydrogen (secondary N) is 1. The van der Waals surface area contributed by atoms with Crippen LogP contribution in [-0.2, 0) is 6.42 Å². The summed E-state index contributed by atoms with van der Waals surface area (Å²) in [4.78, 5) is 10.3. The lowest BCUT2D eigenvalue weighted by Crippen LogP contribution is -2.17. The van der Waals surface area contributed by atoms with Crippen LogP contribution in [0.25, 0.3) is 0 Å². The Kier molecular flexibility index (Phi) is 3.48. The smallest absolute Gasteiger partial charge is 0.269 e. The van der Waals surface area contributed by atoms with E-state index in [1.165, 1.54) is 23.3 Å². The van der Waals surface area contributed by atoms with Crippen LogP contribution in [-0.4, -0.2) is 4.92 Å². The Labute approximate surface area is 122 Å². The number of nitro benzene ring substituents is 1. The highest BCUT2D eigenvalue weighted by molar-refractivity contribution is 5.53. The lowest BCUT2D eigenvalue weighted by molar-refractivity contribution is -0.384. The molecule has 0 aromatic heterocycles. The first-order valence-corrected chi connectivity index (χ1v) is 7.03. The summed E-state index contributed by atoms with van der Waals surface area (Å²) in [7, 11) is 0. The first-order chi connectivity index (χ1) is 10.1. The third-order valence-electron chi connectivity index (χ3n) is 3.90. The van der Waals surface area contributed by atoms with Crippen molar-refractivity contribution in [2.75, 3.05) is 11.1 Å². The van der Waals surface area contributed by atoms with E-state index >= 15 is 0 Å². The Balaban J connectivity index is 1.81. The van der Waals surface area contributed by atoms with Crippen LogP contribution in [0.3, 0.4) is 0 Å². The van der Waals surface area contributed by atoms with E-state index in [1.54, 1.807) is 12.1 Å². The van der Waals surface area contributed by atoms with Gasteiger partial charge in [-0.25, -0.2) is 0 Å². The summed E-state index contributed by atoms with van der Waals surface area (Å²) >= 11 is 0. The molecule has 2 aromatic carbocycles. The van der Waals surface area contributed by atoms with Crippen molar-refractivity contribution >= 4 is 17.1 Å². The van der Waals surface area contributed by atoms with Gasteiger partial charge in [0.2, 0.25) is 0 Å². The quantitative estimate of drug-likeness (QED) is 0.511. The minimum absolute atomic E-state index is 0.109. The number of nitro groups is 1. The van der Waals surface area contributed by atoms with Crippen LogP contribution in [0.4, 0.5) is 17.1 Å². The molecule has 0 spiro atoms. The molecule has 0 fully saturated rings. The Hall–Kier alpha value is -2.56. The molecule has 0 radical (unpaired) electrons. The Morgan fingerprint density at radius 1 is 1.19 bits per heavy atom. The number of nitrogens with two attached hydrogens (primary N) is 1. The first-order valence-electron chi connectivity index (χ1n) is 7.03. The lowest BCUT2D eigenvalue weighted by Gasteiger charge is -2.27. The normalized spacial score (nSPS) is 17.0. The third kappa shape index (κ3) is 2.81. The van der Waals surface area contributed by atoms with E-state index < -0.39 is 0 Å². The van der Waals surface area contributed by atoms with Gasteiger partial charge >= 0.3 is 0 Å². The second-order valence-electron chi connectivity index (χ2n) is 5.35. The summed E-state index contributed by atoms with van der Waals surface area (Å²) in [6.45, 7) is 0. The molecule has 0 amide bonds.